The monoisotopic (exact) mass is 614 g/mol. The van der Waals surface area contributed by atoms with E-state index in [0.717, 1.165) is 11.0 Å². The number of amides is 1. The van der Waals surface area contributed by atoms with E-state index in [9.17, 15) is 40.8 Å². The van der Waals surface area contributed by atoms with Gasteiger partial charge in [-0.05, 0) is 54.4 Å². The number of sulfone groups is 1. The predicted molar refractivity (Wildman–Crippen MR) is 151 cm³/mol. The topological polar surface area (TPSA) is 113 Å². The Morgan fingerprint density at radius 2 is 1.81 bits per heavy atom. The van der Waals surface area contributed by atoms with E-state index in [2.05, 4.69) is 4.98 Å². The average molecular weight is 615 g/mol. The van der Waals surface area contributed by atoms with E-state index in [1.165, 1.54) is 36.6 Å². The van der Waals surface area contributed by atoms with E-state index in [4.69, 9.17) is 0 Å². The first-order valence-electron chi connectivity index (χ1n) is 13.1. The smallest absolute Gasteiger partial charge is 0.333 e. The Balaban J connectivity index is 1.84. The third-order valence-corrected chi connectivity index (χ3v) is 8.71. The number of rotatable bonds is 9. The molecule has 43 heavy (non-hydrogen) atoms. The molecule has 8 nitrogen and oxygen atoms in total. The van der Waals surface area contributed by atoms with Crippen LogP contribution in [0.5, 0.6) is 0 Å². The largest absolute Gasteiger partial charge is 0.419 e. The highest BCUT2D eigenvalue weighted by Crippen LogP contribution is 2.33. The second kappa shape index (κ2) is 12.3. The molecule has 0 saturated carbocycles. The maximum atomic E-state index is 13.9. The van der Waals surface area contributed by atoms with Gasteiger partial charge in [-0.1, -0.05) is 31.2 Å². The Bertz CT molecular complexity index is 1880. The van der Waals surface area contributed by atoms with Crippen molar-refractivity contribution in [3.63, 3.8) is 0 Å². The second-order valence-corrected chi connectivity index (χ2v) is 12.3. The van der Waals surface area contributed by atoms with Gasteiger partial charge in [-0.15, -0.1) is 0 Å². The summed E-state index contributed by atoms with van der Waals surface area (Å²) < 4.78 is 80.0. The lowest BCUT2D eigenvalue weighted by molar-refractivity contribution is -0.140. The SMILES string of the molecule is CCS(=O)(=O)CCN(C(=O)Cc1ccc(F)c(C(F)(F)F)c1)[C@@H](C)c1nc2ccccn2c(=O)c1-c1ccc(C#N)cc1. The van der Waals surface area contributed by atoms with Crippen molar-refractivity contribution < 1.29 is 30.8 Å². The van der Waals surface area contributed by atoms with Crippen LogP contribution in [-0.4, -0.2) is 46.7 Å². The van der Waals surface area contributed by atoms with Gasteiger partial charge in [-0.2, -0.15) is 18.4 Å². The van der Waals surface area contributed by atoms with Crippen LogP contribution in [-0.2, 0) is 27.2 Å². The molecule has 13 heteroatoms. The van der Waals surface area contributed by atoms with Crippen LogP contribution in [0.25, 0.3) is 16.8 Å². The Morgan fingerprint density at radius 1 is 1.12 bits per heavy atom. The molecule has 1 atom stereocenters. The molecule has 4 rings (SSSR count). The normalized spacial score (nSPS) is 12.6. The van der Waals surface area contributed by atoms with Crippen molar-refractivity contribution in [2.24, 2.45) is 0 Å². The number of pyridine rings is 1. The minimum Gasteiger partial charge on any atom is -0.333 e. The fourth-order valence-corrected chi connectivity index (χ4v) is 5.39. The van der Waals surface area contributed by atoms with Crippen molar-refractivity contribution in [3.8, 4) is 17.2 Å². The molecule has 0 aliphatic heterocycles. The summed E-state index contributed by atoms with van der Waals surface area (Å²) in [6.07, 6.45) is -4.08. The van der Waals surface area contributed by atoms with Gasteiger partial charge in [-0.3, -0.25) is 14.0 Å². The number of halogens is 4. The van der Waals surface area contributed by atoms with Crippen molar-refractivity contribution in [3.05, 3.63) is 105 Å². The Hall–Kier alpha value is -4.57. The first-order chi connectivity index (χ1) is 20.3. The number of benzene rings is 2. The molecule has 0 saturated heterocycles. The summed E-state index contributed by atoms with van der Waals surface area (Å²) in [7, 11) is -3.59. The third-order valence-electron chi connectivity index (χ3n) is 7.02. The lowest BCUT2D eigenvalue weighted by Gasteiger charge is -2.30. The molecular weight excluding hydrogens is 588 g/mol. The predicted octanol–water partition coefficient (Wildman–Crippen LogP) is 4.96. The summed E-state index contributed by atoms with van der Waals surface area (Å²) in [6, 6.07) is 14.2. The summed E-state index contributed by atoms with van der Waals surface area (Å²) >= 11 is 0. The number of carbonyl (C=O) groups excluding carboxylic acids is 1. The highest BCUT2D eigenvalue weighted by atomic mass is 32.2. The van der Waals surface area contributed by atoms with E-state index in [1.807, 2.05) is 6.07 Å². The highest BCUT2D eigenvalue weighted by molar-refractivity contribution is 7.91. The molecule has 1 amide bonds. The number of fused-ring (bicyclic) bond motifs is 1. The number of hydrogen-bond acceptors (Lipinski definition) is 6. The van der Waals surface area contributed by atoms with E-state index >= 15 is 0 Å². The molecule has 4 aromatic rings. The molecular formula is C30H26F4N4O4S. The van der Waals surface area contributed by atoms with Gasteiger partial charge in [0.1, 0.15) is 11.5 Å². The minimum atomic E-state index is -4.99. The molecule has 0 radical (unpaired) electrons. The lowest BCUT2D eigenvalue weighted by atomic mass is 9.99. The van der Waals surface area contributed by atoms with Crippen molar-refractivity contribution in [2.45, 2.75) is 32.5 Å². The first-order valence-corrected chi connectivity index (χ1v) is 14.9. The third kappa shape index (κ3) is 6.91. The second-order valence-electron chi connectivity index (χ2n) is 9.78. The van der Waals surface area contributed by atoms with Gasteiger partial charge in [0.15, 0.2) is 9.84 Å². The van der Waals surface area contributed by atoms with Crippen LogP contribution >= 0.6 is 0 Å². The fraction of sp³-hybridized carbons (Fsp3) is 0.267. The van der Waals surface area contributed by atoms with Gasteiger partial charge in [0.05, 0.1) is 46.7 Å². The highest BCUT2D eigenvalue weighted by Gasteiger charge is 2.35. The number of alkyl halides is 3. The lowest BCUT2D eigenvalue weighted by Crippen LogP contribution is -2.39. The molecule has 0 spiro atoms. The standard InChI is InChI=1S/C30H26F4N4O4S/c1-3-43(41,42)15-14-37(26(39)17-21-9-12-24(31)23(16-21)30(32,33)34)19(2)28-27(22-10-7-20(18-35)8-11-22)29(40)38-13-5-4-6-25(38)36-28/h4-13,16,19H,3,14-15,17H2,1-2H3/t19-/m0/s1. The van der Waals surface area contributed by atoms with Crippen LogP contribution in [0.4, 0.5) is 17.6 Å². The van der Waals surface area contributed by atoms with Crippen LogP contribution < -0.4 is 5.56 Å². The molecule has 224 valence electrons. The minimum absolute atomic E-state index is 0.0954. The molecule has 2 heterocycles. The Morgan fingerprint density at radius 3 is 2.44 bits per heavy atom. The molecule has 2 aromatic heterocycles. The zero-order chi connectivity index (χ0) is 31.5. The zero-order valence-electron chi connectivity index (χ0n) is 23.1. The van der Waals surface area contributed by atoms with Gasteiger partial charge >= 0.3 is 6.18 Å². The van der Waals surface area contributed by atoms with Gasteiger partial charge in [0, 0.05) is 18.5 Å². The van der Waals surface area contributed by atoms with E-state index < -0.39 is 57.1 Å². The Labute approximate surface area is 244 Å². The summed E-state index contributed by atoms with van der Waals surface area (Å²) in [5.74, 6) is -2.90. The number of hydrogen-bond donors (Lipinski definition) is 0. The zero-order valence-corrected chi connectivity index (χ0v) is 23.9. The van der Waals surface area contributed by atoms with Crippen molar-refractivity contribution in [2.75, 3.05) is 18.1 Å². The van der Waals surface area contributed by atoms with Gasteiger partial charge in [-0.25, -0.2) is 17.8 Å². The van der Waals surface area contributed by atoms with Crippen LogP contribution in [0.1, 0.15) is 42.3 Å². The van der Waals surface area contributed by atoms with Gasteiger partial charge in [0.2, 0.25) is 5.91 Å². The number of nitrogens with zero attached hydrogens (tertiary/aromatic N) is 4. The molecule has 0 aliphatic carbocycles. The van der Waals surface area contributed by atoms with Crippen LogP contribution in [0.3, 0.4) is 0 Å². The van der Waals surface area contributed by atoms with E-state index in [-0.39, 0.29) is 34.8 Å². The van der Waals surface area contributed by atoms with E-state index in [1.54, 1.807) is 30.3 Å². The van der Waals surface area contributed by atoms with Crippen molar-refractivity contribution in [1.82, 2.24) is 14.3 Å². The molecule has 0 fully saturated rings. The number of nitriles is 1. The van der Waals surface area contributed by atoms with Crippen LogP contribution in [0.2, 0.25) is 0 Å². The summed E-state index contributed by atoms with van der Waals surface area (Å²) in [4.78, 5) is 33.2. The average Bonchev–Trinajstić information content (AvgIpc) is 2.97. The Kier molecular flexibility index (Phi) is 9.01. The summed E-state index contributed by atoms with van der Waals surface area (Å²) in [6.45, 7) is 2.64. The molecule has 0 bridgehead atoms. The first kappa shape index (κ1) is 31.4. The maximum Gasteiger partial charge on any atom is 0.419 e. The maximum absolute atomic E-state index is 13.9. The molecule has 0 N–H and O–H groups in total. The van der Waals surface area contributed by atoms with E-state index in [0.29, 0.717) is 23.3 Å². The molecule has 0 aliphatic rings. The van der Waals surface area contributed by atoms with Gasteiger partial charge in [0.25, 0.3) is 5.56 Å². The van der Waals surface area contributed by atoms with Gasteiger partial charge < -0.3 is 4.90 Å². The van der Waals surface area contributed by atoms with Crippen molar-refractivity contribution >= 4 is 21.4 Å². The summed E-state index contributed by atoms with van der Waals surface area (Å²) in [5, 5.41) is 9.21. The quantitative estimate of drug-likeness (QED) is 0.247. The summed E-state index contributed by atoms with van der Waals surface area (Å²) in [5.41, 5.74) is -0.958. The number of aromatic nitrogens is 2. The molecule has 2 aromatic carbocycles. The fourth-order valence-electron chi connectivity index (χ4n) is 4.63. The van der Waals surface area contributed by atoms with Crippen LogP contribution in [0, 0.1) is 17.1 Å². The van der Waals surface area contributed by atoms with Crippen LogP contribution in [0.15, 0.2) is 71.7 Å². The number of carbonyl (C=O) groups is 1. The molecule has 0 unspecified atom stereocenters. The van der Waals surface area contributed by atoms with Crippen molar-refractivity contribution in [1.29, 1.82) is 5.26 Å².